The number of rotatable bonds is 6. The minimum Gasteiger partial charge on any atom is -0.494 e. The van der Waals surface area contributed by atoms with Crippen molar-refractivity contribution in [3.8, 4) is 5.75 Å². The molecule has 1 aliphatic heterocycles. The average Bonchev–Trinajstić information content (AvgIpc) is 3.32. The Bertz CT molecular complexity index is 951. The highest BCUT2D eigenvalue weighted by Gasteiger charge is 2.38. The van der Waals surface area contributed by atoms with Crippen LogP contribution in [0.2, 0.25) is 0 Å². The lowest BCUT2D eigenvalue weighted by atomic mass is 9.95. The van der Waals surface area contributed by atoms with Crippen LogP contribution in [0.5, 0.6) is 5.75 Å². The summed E-state index contributed by atoms with van der Waals surface area (Å²) in [6, 6.07) is 15.8. The molecule has 2 unspecified atom stereocenters. The van der Waals surface area contributed by atoms with Crippen molar-refractivity contribution < 1.29 is 14.6 Å². The summed E-state index contributed by atoms with van der Waals surface area (Å²) in [4.78, 5) is 14.1. The van der Waals surface area contributed by atoms with E-state index in [0.29, 0.717) is 13.0 Å². The molecule has 1 fully saturated rings. The quantitative estimate of drug-likeness (QED) is 0.657. The summed E-state index contributed by atoms with van der Waals surface area (Å²) in [5, 5.41) is 13.2. The van der Waals surface area contributed by atoms with E-state index in [2.05, 4.69) is 28.5 Å². The first-order valence-electron chi connectivity index (χ1n) is 9.37. The number of carboxylic acid groups (broad SMARTS) is 1. The molecule has 27 heavy (non-hydrogen) atoms. The maximum atomic E-state index is 11.9. The van der Waals surface area contributed by atoms with Gasteiger partial charge in [-0.2, -0.15) is 0 Å². The van der Waals surface area contributed by atoms with Crippen LogP contribution < -0.4 is 4.74 Å². The van der Waals surface area contributed by atoms with Crippen molar-refractivity contribution in [2.24, 2.45) is 0 Å². The Morgan fingerprint density at radius 2 is 2.00 bits per heavy atom. The molecule has 1 aliphatic rings. The summed E-state index contributed by atoms with van der Waals surface area (Å²) in [6.45, 7) is 3.32. The summed E-state index contributed by atoms with van der Waals surface area (Å²) in [5.74, 6) is 0.0854. The highest BCUT2D eigenvalue weighted by atomic mass is 32.1. The highest BCUT2D eigenvalue weighted by Crippen LogP contribution is 2.43. The second-order valence-corrected chi connectivity index (χ2v) is 7.71. The third-order valence-corrected chi connectivity index (χ3v) is 6.21. The fourth-order valence-electron chi connectivity index (χ4n) is 4.09. The molecule has 0 radical (unpaired) electrons. The molecule has 1 N–H and O–H groups in total. The Morgan fingerprint density at radius 3 is 2.81 bits per heavy atom. The highest BCUT2D eigenvalue weighted by molar-refractivity contribution is 7.17. The van der Waals surface area contributed by atoms with Gasteiger partial charge in [0, 0.05) is 16.8 Å². The molecule has 2 atom stereocenters. The minimum absolute atomic E-state index is 0.132. The van der Waals surface area contributed by atoms with Crippen molar-refractivity contribution in [1.29, 1.82) is 0 Å². The lowest BCUT2D eigenvalue weighted by Crippen LogP contribution is -2.39. The van der Waals surface area contributed by atoms with Crippen molar-refractivity contribution in [1.82, 2.24) is 4.90 Å². The lowest BCUT2D eigenvalue weighted by molar-refractivity contribution is -0.142. The van der Waals surface area contributed by atoms with Crippen LogP contribution in [0.25, 0.3) is 10.1 Å². The smallest absolute Gasteiger partial charge is 0.320 e. The number of hydrogen-bond acceptors (Lipinski definition) is 4. The largest absolute Gasteiger partial charge is 0.494 e. The van der Waals surface area contributed by atoms with E-state index in [1.807, 2.05) is 37.3 Å². The Hall–Kier alpha value is -2.37. The number of nitrogens with zero attached hydrogens (tertiary/aromatic N) is 1. The normalized spacial score (nSPS) is 18.6. The number of thiophene rings is 1. The first-order valence-corrected chi connectivity index (χ1v) is 10.2. The Kier molecular flexibility index (Phi) is 5.14. The molecule has 0 bridgehead atoms. The zero-order chi connectivity index (χ0) is 18.8. The van der Waals surface area contributed by atoms with Gasteiger partial charge >= 0.3 is 5.97 Å². The second kappa shape index (κ2) is 7.71. The maximum Gasteiger partial charge on any atom is 0.320 e. The van der Waals surface area contributed by atoms with Gasteiger partial charge in [0.25, 0.3) is 0 Å². The van der Waals surface area contributed by atoms with Crippen LogP contribution >= 0.6 is 11.3 Å². The molecule has 0 saturated carbocycles. The SMILES string of the molecule is CCOc1ccccc1C(c1csc2ccccc12)N1CCCC1C(=O)O. The van der Waals surface area contributed by atoms with Gasteiger partial charge in [-0.25, -0.2) is 0 Å². The van der Waals surface area contributed by atoms with Crippen LogP contribution in [0.15, 0.2) is 53.9 Å². The first kappa shape index (κ1) is 18.0. The summed E-state index contributed by atoms with van der Waals surface area (Å²) in [5.41, 5.74) is 2.20. The number of fused-ring (bicyclic) bond motifs is 1. The van der Waals surface area contributed by atoms with Crippen molar-refractivity contribution >= 4 is 27.4 Å². The molecule has 1 aromatic heterocycles. The molecular formula is C22H23NO3S. The van der Waals surface area contributed by atoms with E-state index in [1.54, 1.807) is 11.3 Å². The van der Waals surface area contributed by atoms with Gasteiger partial charge in [0.05, 0.1) is 12.6 Å². The number of likely N-dealkylation sites (tertiary alicyclic amines) is 1. The number of hydrogen-bond donors (Lipinski definition) is 1. The van der Waals surface area contributed by atoms with Gasteiger partial charge in [-0.3, -0.25) is 9.69 Å². The third-order valence-electron chi connectivity index (χ3n) is 5.23. The number of aliphatic carboxylic acids is 1. The van der Waals surface area contributed by atoms with Crippen molar-refractivity contribution in [3.63, 3.8) is 0 Å². The molecule has 4 rings (SSSR count). The maximum absolute atomic E-state index is 11.9. The average molecular weight is 381 g/mol. The van der Waals surface area contributed by atoms with Crippen LogP contribution in [0.3, 0.4) is 0 Å². The Balaban J connectivity index is 1.90. The topological polar surface area (TPSA) is 49.8 Å². The van der Waals surface area contributed by atoms with Gasteiger partial charge < -0.3 is 9.84 Å². The molecule has 2 heterocycles. The molecule has 1 saturated heterocycles. The standard InChI is InChI=1S/C22H23NO3S/c1-2-26-19-11-5-3-9-16(19)21(23-13-7-10-18(23)22(24)25)17-14-27-20-12-6-4-8-15(17)20/h3-6,8-9,11-12,14,18,21H,2,7,10,13H2,1H3,(H,24,25). The molecule has 140 valence electrons. The zero-order valence-corrected chi connectivity index (χ0v) is 16.1. The van der Waals surface area contributed by atoms with Gasteiger partial charge in [-0.05, 0) is 48.2 Å². The molecule has 5 heteroatoms. The number of carboxylic acids is 1. The first-order chi connectivity index (χ1) is 13.2. The summed E-state index contributed by atoms with van der Waals surface area (Å²) in [6.07, 6.45) is 1.58. The zero-order valence-electron chi connectivity index (χ0n) is 15.3. The van der Waals surface area contributed by atoms with Gasteiger partial charge in [0.1, 0.15) is 11.8 Å². The summed E-state index contributed by atoms with van der Waals surface area (Å²) < 4.78 is 7.13. The van der Waals surface area contributed by atoms with Crippen molar-refractivity contribution in [2.45, 2.75) is 31.8 Å². The predicted octanol–water partition coefficient (Wildman–Crippen LogP) is 4.94. The molecule has 2 aromatic carbocycles. The third kappa shape index (κ3) is 3.33. The van der Waals surface area contributed by atoms with E-state index in [-0.39, 0.29) is 6.04 Å². The monoisotopic (exact) mass is 381 g/mol. The van der Waals surface area contributed by atoms with Gasteiger partial charge in [-0.15, -0.1) is 11.3 Å². The molecular weight excluding hydrogens is 358 g/mol. The fraction of sp³-hybridized carbons (Fsp3) is 0.318. The Labute approximate surface area is 163 Å². The Morgan fingerprint density at radius 1 is 1.22 bits per heavy atom. The van der Waals surface area contributed by atoms with Crippen LogP contribution in [-0.4, -0.2) is 35.2 Å². The van der Waals surface area contributed by atoms with E-state index < -0.39 is 12.0 Å². The molecule has 3 aromatic rings. The van der Waals surface area contributed by atoms with Gasteiger partial charge in [0.2, 0.25) is 0 Å². The second-order valence-electron chi connectivity index (χ2n) is 6.79. The van der Waals surface area contributed by atoms with Gasteiger partial charge in [-0.1, -0.05) is 36.4 Å². The fourth-order valence-corrected chi connectivity index (χ4v) is 5.07. The summed E-state index contributed by atoms with van der Waals surface area (Å²) >= 11 is 1.71. The van der Waals surface area contributed by atoms with E-state index in [0.717, 1.165) is 29.8 Å². The van der Waals surface area contributed by atoms with Crippen molar-refractivity contribution in [2.75, 3.05) is 13.2 Å². The van der Waals surface area contributed by atoms with E-state index in [1.165, 1.54) is 10.1 Å². The molecule has 0 spiro atoms. The van der Waals surface area contributed by atoms with Crippen LogP contribution in [0, 0.1) is 0 Å². The number of carbonyl (C=O) groups is 1. The van der Waals surface area contributed by atoms with Crippen molar-refractivity contribution in [3.05, 3.63) is 65.0 Å². The predicted molar refractivity (Wildman–Crippen MR) is 109 cm³/mol. The number of para-hydroxylation sites is 1. The van der Waals surface area contributed by atoms with Crippen LogP contribution in [0.1, 0.15) is 36.9 Å². The minimum atomic E-state index is -0.745. The lowest BCUT2D eigenvalue weighted by Gasteiger charge is -2.32. The van der Waals surface area contributed by atoms with E-state index in [4.69, 9.17) is 4.74 Å². The van der Waals surface area contributed by atoms with Crippen LogP contribution in [-0.2, 0) is 4.79 Å². The van der Waals surface area contributed by atoms with Crippen LogP contribution in [0.4, 0.5) is 0 Å². The number of benzene rings is 2. The molecule has 4 nitrogen and oxygen atoms in total. The van der Waals surface area contributed by atoms with E-state index in [9.17, 15) is 9.90 Å². The summed E-state index contributed by atoms with van der Waals surface area (Å²) in [7, 11) is 0. The van der Waals surface area contributed by atoms with Gasteiger partial charge in [0.15, 0.2) is 0 Å². The van der Waals surface area contributed by atoms with E-state index >= 15 is 0 Å². The molecule has 0 amide bonds. The molecule has 0 aliphatic carbocycles. The number of ether oxygens (including phenoxy) is 1.